The minimum Gasteiger partial charge on any atom is -0.355 e. The van der Waals surface area contributed by atoms with Gasteiger partial charge in [0.25, 0.3) is 5.91 Å². The van der Waals surface area contributed by atoms with Crippen molar-refractivity contribution in [2.24, 2.45) is 5.73 Å². The molecule has 0 aromatic heterocycles. The molecule has 0 radical (unpaired) electrons. The molecule has 4 N–H and O–H groups in total. The molecule has 18 heavy (non-hydrogen) atoms. The second kappa shape index (κ2) is 7.68. The lowest BCUT2D eigenvalue weighted by molar-refractivity contribution is -0.116. The summed E-state index contributed by atoms with van der Waals surface area (Å²) in [4.78, 5) is 23.1. The Morgan fingerprint density at radius 3 is 2.50 bits per heavy atom. The Hall–Kier alpha value is -1.59. The van der Waals surface area contributed by atoms with Crippen molar-refractivity contribution in [2.75, 3.05) is 12.4 Å². The standard InChI is InChI=1S/C12H17N3O2.ClH/c1-8(13)7-11(16)15-10-6-4-3-5-9(10)12(17)14-2;/h3-6,8H,7,13H2,1-2H3,(H,14,17)(H,15,16);1H. The van der Waals surface area contributed by atoms with Crippen LogP contribution >= 0.6 is 12.4 Å². The Balaban J connectivity index is 0.00000289. The summed E-state index contributed by atoms with van der Waals surface area (Å²) in [6.07, 6.45) is 0.224. The molecule has 1 unspecified atom stereocenters. The van der Waals surface area contributed by atoms with Crippen LogP contribution in [-0.2, 0) is 4.79 Å². The molecule has 0 spiro atoms. The van der Waals surface area contributed by atoms with Crippen molar-refractivity contribution in [3.63, 3.8) is 0 Å². The van der Waals surface area contributed by atoms with E-state index in [0.717, 1.165) is 0 Å². The highest BCUT2D eigenvalue weighted by molar-refractivity contribution is 6.03. The largest absolute Gasteiger partial charge is 0.355 e. The maximum Gasteiger partial charge on any atom is 0.253 e. The number of carbonyl (C=O) groups excluding carboxylic acids is 2. The Labute approximate surface area is 113 Å². The molecule has 1 aromatic carbocycles. The van der Waals surface area contributed by atoms with E-state index in [1.807, 2.05) is 0 Å². The fourth-order valence-corrected chi connectivity index (χ4v) is 1.42. The molecule has 1 aromatic rings. The highest BCUT2D eigenvalue weighted by atomic mass is 35.5. The van der Waals surface area contributed by atoms with E-state index < -0.39 is 0 Å². The fourth-order valence-electron chi connectivity index (χ4n) is 1.42. The lowest BCUT2D eigenvalue weighted by Crippen LogP contribution is -2.26. The normalized spacial score (nSPS) is 11.1. The summed E-state index contributed by atoms with van der Waals surface area (Å²) in [5.41, 5.74) is 6.47. The van der Waals surface area contributed by atoms with Crippen LogP contribution < -0.4 is 16.4 Å². The van der Waals surface area contributed by atoms with E-state index in [1.165, 1.54) is 0 Å². The third-order valence-electron chi connectivity index (χ3n) is 2.18. The van der Waals surface area contributed by atoms with Gasteiger partial charge in [-0.05, 0) is 19.1 Å². The molecule has 6 heteroatoms. The van der Waals surface area contributed by atoms with Gasteiger partial charge in [-0.3, -0.25) is 9.59 Å². The van der Waals surface area contributed by atoms with Gasteiger partial charge >= 0.3 is 0 Å². The van der Waals surface area contributed by atoms with Gasteiger partial charge in [0.2, 0.25) is 5.91 Å². The number of anilines is 1. The van der Waals surface area contributed by atoms with Gasteiger partial charge in [-0.1, -0.05) is 12.1 Å². The van der Waals surface area contributed by atoms with Gasteiger partial charge in [0.15, 0.2) is 0 Å². The van der Waals surface area contributed by atoms with Crippen LogP contribution in [0, 0.1) is 0 Å². The number of rotatable bonds is 4. The van der Waals surface area contributed by atoms with Crippen molar-refractivity contribution in [2.45, 2.75) is 19.4 Å². The Kier molecular flexibility index (Phi) is 7.00. The third kappa shape index (κ3) is 4.73. The summed E-state index contributed by atoms with van der Waals surface area (Å²) in [6, 6.07) is 6.63. The van der Waals surface area contributed by atoms with Crippen LogP contribution in [0.15, 0.2) is 24.3 Å². The van der Waals surface area contributed by atoms with Crippen LogP contribution in [0.5, 0.6) is 0 Å². The van der Waals surface area contributed by atoms with Gasteiger partial charge in [0.1, 0.15) is 0 Å². The molecule has 2 amide bonds. The van der Waals surface area contributed by atoms with E-state index >= 15 is 0 Å². The van der Waals surface area contributed by atoms with Crippen molar-refractivity contribution < 1.29 is 9.59 Å². The van der Waals surface area contributed by atoms with Gasteiger partial charge in [0, 0.05) is 19.5 Å². The first-order valence-corrected chi connectivity index (χ1v) is 5.41. The number of para-hydroxylation sites is 1. The summed E-state index contributed by atoms with van der Waals surface area (Å²) >= 11 is 0. The molecule has 0 saturated heterocycles. The third-order valence-corrected chi connectivity index (χ3v) is 2.18. The van der Waals surface area contributed by atoms with Gasteiger partial charge in [0.05, 0.1) is 11.3 Å². The smallest absolute Gasteiger partial charge is 0.253 e. The quantitative estimate of drug-likeness (QED) is 0.768. The van der Waals surface area contributed by atoms with Gasteiger partial charge < -0.3 is 16.4 Å². The predicted molar refractivity (Wildman–Crippen MR) is 74.0 cm³/mol. The van der Waals surface area contributed by atoms with Crippen molar-refractivity contribution >= 4 is 29.9 Å². The van der Waals surface area contributed by atoms with Crippen molar-refractivity contribution in [3.8, 4) is 0 Å². The lowest BCUT2D eigenvalue weighted by Gasteiger charge is -2.10. The van der Waals surface area contributed by atoms with Crippen LogP contribution in [0.25, 0.3) is 0 Å². The van der Waals surface area contributed by atoms with Crippen molar-refractivity contribution in [1.29, 1.82) is 0 Å². The minimum atomic E-state index is -0.235. The van der Waals surface area contributed by atoms with Crippen LogP contribution in [0.1, 0.15) is 23.7 Å². The Morgan fingerprint density at radius 2 is 1.94 bits per heavy atom. The highest BCUT2D eigenvalue weighted by Crippen LogP contribution is 2.15. The first kappa shape index (κ1) is 16.4. The molecule has 0 heterocycles. The summed E-state index contributed by atoms with van der Waals surface area (Å²) < 4.78 is 0. The Morgan fingerprint density at radius 1 is 1.33 bits per heavy atom. The predicted octanol–water partition coefficient (Wildman–Crippen LogP) is 1.14. The zero-order valence-corrected chi connectivity index (χ0v) is 11.2. The number of amides is 2. The zero-order chi connectivity index (χ0) is 12.8. The van der Waals surface area contributed by atoms with Crippen LogP contribution in [0.2, 0.25) is 0 Å². The maximum absolute atomic E-state index is 11.6. The molecule has 0 saturated carbocycles. The number of hydrogen-bond donors (Lipinski definition) is 3. The first-order valence-electron chi connectivity index (χ1n) is 5.41. The summed E-state index contributed by atoms with van der Waals surface area (Å²) in [5.74, 6) is -0.432. The molecule has 1 rings (SSSR count). The van der Waals surface area contributed by atoms with E-state index in [0.29, 0.717) is 11.3 Å². The second-order valence-electron chi connectivity index (χ2n) is 3.85. The Bertz CT molecular complexity index is 422. The lowest BCUT2D eigenvalue weighted by atomic mass is 10.1. The van der Waals surface area contributed by atoms with Crippen LogP contribution in [0.4, 0.5) is 5.69 Å². The monoisotopic (exact) mass is 271 g/mol. The number of benzene rings is 1. The van der Waals surface area contributed by atoms with Gasteiger partial charge in [-0.25, -0.2) is 0 Å². The van der Waals surface area contributed by atoms with Crippen LogP contribution in [-0.4, -0.2) is 24.9 Å². The molecular weight excluding hydrogens is 254 g/mol. The summed E-state index contributed by atoms with van der Waals surface area (Å²) in [6.45, 7) is 1.75. The molecule has 0 aliphatic carbocycles. The first-order chi connectivity index (χ1) is 8.04. The van der Waals surface area contributed by atoms with Crippen molar-refractivity contribution in [1.82, 2.24) is 5.32 Å². The SMILES string of the molecule is CNC(=O)c1ccccc1NC(=O)CC(C)N.Cl. The molecular formula is C12H18ClN3O2. The number of halogens is 1. The molecule has 0 bridgehead atoms. The zero-order valence-electron chi connectivity index (χ0n) is 10.4. The van der Waals surface area contributed by atoms with Gasteiger partial charge in [-0.2, -0.15) is 0 Å². The molecule has 0 aliphatic heterocycles. The summed E-state index contributed by atoms with van der Waals surface area (Å²) in [7, 11) is 1.54. The number of nitrogens with one attached hydrogen (secondary N) is 2. The summed E-state index contributed by atoms with van der Waals surface area (Å²) in [5, 5.41) is 5.20. The minimum absolute atomic E-state index is 0. The number of carbonyl (C=O) groups is 2. The van der Waals surface area contributed by atoms with E-state index in [2.05, 4.69) is 10.6 Å². The number of hydrogen-bond acceptors (Lipinski definition) is 3. The highest BCUT2D eigenvalue weighted by Gasteiger charge is 2.12. The number of nitrogens with two attached hydrogens (primary N) is 1. The molecule has 100 valence electrons. The molecule has 1 atom stereocenters. The van der Waals surface area contributed by atoms with E-state index in [1.54, 1.807) is 38.2 Å². The average molecular weight is 272 g/mol. The maximum atomic E-state index is 11.6. The molecule has 0 aliphatic rings. The van der Waals surface area contributed by atoms with Crippen molar-refractivity contribution in [3.05, 3.63) is 29.8 Å². The fraction of sp³-hybridized carbons (Fsp3) is 0.333. The average Bonchev–Trinajstić information content (AvgIpc) is 2.27. The van der Waals surface area contributed by atoms with Gasteiger partial charge in [-0.15, -0.1) is 12.4 Å². The van der Waals surface area contributed by atoms with E-state index in [4.69, 9.17) is 5.73 Å². The van der Waals surface area contributed by atoms with E-state index in [9.17, 15) is 9.59 Å². The molecule has 5 nitrogen and oxygen atoms in total. The van der Waals surface area contributed by atoms with E-state index in [-0.39, 0.29) is 36.7 Å². The second-order valence-corrected chi connectivity index (χ2v) is 3.85. The molecule has 0 fully saturated rings. The van der Waals surface area contributed by atoms with Crippen LogP contribution in [0.3, 0.4) is 0 Å². The topological polar surface area (TPSA) is 84.2 Å².